The lowest BCUT2D eigenvalue weighted by Gasteiger charge is -2.18. The number of nitrogens with zero attached hydrogens (tertiary/aromatic N) is 1. The fourth-order valence-corrected chi connectivity index (χ4v) is 1.76. The molecule has 0 fully saturated rings. The van der Waals surface area contributed by atoms with E-state index in [4.69, 9.17) is 10.2 Å². The fraction of sp³-hybridized carbons (Fsp3) is 0.385. The molecule has 0 radical (unpaired) electrons. The monoisotopic (exact) mass is 251 g/mol. The summed E-state index contributed by atoms with van der Waals surface area (Å²) in [6, 6.07) is 7.72. The van der Waals surface area contributed by atoms with E-state index in [-0.39, 0.29) is 13.1 Å². The smallest absolute Gasteiger partial charge is 0.317 e. The van der Waals surface area contributed by atoms with Gasteiger partial charge in [-0.1, -0.05) is 31.2 Å². The van der Waals surface area contributed by atoms with Gasteiger partial charge in [0.05, 0.1) is 13.1 Å². The van der Waals surface area contributed by atoms with Crippen LogP contribution in [0.25, 0.3) is 0 Å². The first-order valence-corrected chi connectivity index (χ1v) is 5.75. The molecule has 0 saturated carbocycles. The van der Waals surface area contributed by atoms with E-state index in [1.807, 2.05) is 31.2 Å². The lowest BCUT2D eigenvalue weighted by molar-refractivity contribution is -0.142. The van der Waals surface area contributed by atoms with E-state index in [0.29, 0.717) is 6.54 Å². The molecular formula is C13H17NO4. The van der Waals surface area contributed by atoms with Gasteiger partial charge in [0.1, 0.15) is 0 Å². The van der Waals surface area contributed by atoms with Crippen LogP contribution in [0.2, 0.25) is 0 Å². The standard InChI is InChI=1S/C13H17NO4/c1-2-10-4-3-5-11(6-10)7-14(8-12(15)16)9-13(17)18/h3-6H,2,7-9H2,1H3,(H,15,16)(H,17,18). The van der Waals surface area contributed by atoms with E-state index >= 15 is 0 Å². The maximum absolute atomic E-state index is 10.7. The number of carboxylic acid groups (broad SMARTS) is 2. The van der Waals surface area contributed by atoms with Gasteiger partial charge in [0, 0.05) is 6.54 Å². The number of carbonyl (C=O) groups is 2. The van der Waals surface area contributed by atoms with Crippen LogP contribution >= 0.6 is 0 Å². The van der Waals surface area contributed by atoms with Crippen molar-refractivity contribution in [3.63, 3.8) is 0 Å². The minimum absolute atomic E-state index is 0.275. The molecule has 0 spiro atoms. The van der Waals surface area contributed by atoms with Gasteiger partial charge in [0.15, 0.2) is 0 Å². The van der Waals surface area contributed by atoms with Gasteiger partial charge in [-0.15, -0.1) is 0 Å². The van der Waals surface area contributed by atoms with Gasteiger partial charge in [0.25, 0.3) is 0 Å². The molecule has 2 N–H and O–H groups in total. The highest BCUT2D eigenvalue weighted by Crippen LogP contribution is 2.09. The van der Waals surface area contributed by atoms with Crippen molar-refractivity contribution in [1.29, 1.82) is 0 Å². The normalized spacial score (nSPS) is 10.6. The van der Waals surface area contributed by atoms with Crippen LogP contribution in [-0.4, -0.2) is 40.1 Å². The predicted octanol–water partition coefficient (Wildman–Crippen LogP) is 1.22. The molecule has 5 heteroatoms. The Morgan fingerprint density at radius 3 is 2.17 bits per heavy atom. The van der Waals surface area contributed by atoms with E-state index < -0.39 is 11.9 Å². The van der Waals surface area contributed by atoms with E-state index in [9.17, 15) is 9.59 Å². The van der Waals surface area contributed by atoms with Gasteiger partial charge in [-0.2, -0.15) is 0 Å². The second kappa shape index (κ2) is 6.76. The Balaban J connectivity index is 2.74. The van der Waals surface area contributed by atoms with Crippen molar-refractivity contribution in [2.75, 3.05) is 13.1 Å². The van der Waals surface area contributed by atoms with Crippen molar-refractivity contribution in [3.8, 4) is 0 Å². The van der Waals surface area contributed by atoms with Crippen molar-refractivity contribution < 1.29 is 19.8 Å². The first-order valence-electron chi connectivity index (χ1n) is 5.75. The van der Waals surface area contributed by atoms with Crippen molar-refractivity contribution >= 4 is 11.9 Å². The van der Waals surface area contributed by atoms with Gasteiger partial charge < -0.3 is 10.2 Å². The molecule has 1 aromatic carbocycles. The molecule has 98 valence electrons. The summed E-state index contributed by atoms with van der Waals surface area (Å²) in [6.45, 7) is 1.81. The maximum Gasteiger partial charge on any atom is 0.317 e. The van der Waals surface area contributed by atoms with Crippen LogP contribution in [0.4, 0.5) is 0 Å². The van der Waals surface area contributed by atoms with Crippen LogP contribution in [-0.2, 0) is 22.6 Å². The minimum atomic E-state index is -1.03. The van der Waals surface area contributed by atoms with Crippen LogP contribution in [0.1, 0.15) is 18.1 Å². The zero-order valence-corrected chi connectivity index (χ0v) is 10.3. The lowest BCUT2D eigenvalue weighted by atomic mass is 10.1. The first-order chi connectivity index (χ1) is 8.51. The molecule has 0 aromatic heterocycles. The third-order valence-electron chi connectivity index (χ3n) is 2.52. The maximum atomic E-state index is 10.7. The van der Waals surface area contributed by atoms with Crippen LogP contribution in [0.15, 0.2) is 24.3 Å². The van der Waals surface area contributed by atoms with Crippen LogP contribution < -0.4 is 0 Å². The zero-order valence-electron chi connectivity index (χ0n) is 10.3. The Hall–Kier alpha value is -1.88. The van der Waals surface area contributed by atoms with Crippen LogP contribution in [0.3, 0.4) is 0 Å². The molecule has 18 heavy (non-hydrogen) atoms. The Bertz CT molecular complexity index is 415. The largest absolute Gasteiger partial charge is 0.480 e. The Kier molecular flexibility index (Phi) is 5.32. The summed E-state index contributed by atoms with van der Waals surface area (Å²) < 4.78 is 0. The highest BCUT2D eigenvalue weighted by atomic mass is 16.4. The molecular weight excluding hydrogens is 234 g/mol. The molecule has 0 aliphatic heterocycles. The number of carboxylic acids is 2. The highest BCUT2D eigenvalue weighted by molar-refractivity contribution is 5.72. The van der Waals surface area contributed by atoms with Crippen molar-refractivity contribution in [2.45, 2.75) is 19.9 Å². The average Bonchev–Trinajstić information content (AvgIpc) is 2.27. The average molecular weight is 251 g/mol. The van der Waals surface area contributed by atoms with Crippen LogP contribution in [0, 0.1) is 0 Å². The van der Waals surface area contributed by atoms with Gasteiger partial charge in [-0.3, -0.25) is 14.5 Å². The molecule has 0 saturated heterocycles. The summed E-state index contributed by atoms with van der Waals surface area (Å²) in [5.41, 5.74) is 2.08. The summed E-state index contributed by atoms with van der Waals surface area (Å²) in [5, 5.41) is 17.5. The SMILES string of the molecule is CCc1cccc(CN(CC(=O)O)CC(=O)O)c1. The number of hydrogen-bond donors (Lipinski definition) is 2. The van der Waals surface area contributed by atoms with Crippen molar-refractivity contribution in [3.05, 3.63) is 35.4 Å². The highest BCUT2D eigenvalue weighted by Gasteiger charge is 2.13. The Labute approximate surface area is 106 Å². The van der Waals surface area contributed by atoms with E-state index in [0.717, 1.165) is 17.5 Å². The molecule has 0 aliphatic carbocycles. The number of aliphatic carboxylic acids is 2. The van der Waals surface area contributed by atoms with Gasteiger partial charge in [0.2, 0.25) is 0 Å². The summed E-state index contributed by atoms with van der Waals surface area (Å²) >= 11 is 0. The summed E-state index contributed by atoms with van der Waals surface area (Å²) in [6.07, 6.45) is 0.895. The van der Waals surface area contributed by atoms with Gasteiger partial charge in [-0.25, -0.2) is 0 Å². The lowest BCUT2D eigenvalue weighted by Crippen LogP contribution is -2.33. The summed E-state index contributed by atoms with van der Waals surface area (Å²) in [4.78, 5) is 22.7. The zero-order chi connectivity index (χ0) is 13.5. The molecule has 0 amide bonds. The van der Waals surface area contributed by atoms with Crippen molar-refractivity contribution in [1.82, 2.24) is 4.90 Å². The van der Waals surface area contributed by atoms with Gasteiger partial charge >= 0.3 is 11.9 Å². The van der Waals surface area contributed by atoms with Gasteiger partial charge in [-0.05, 0) is 17.5 Å². The second-order valence-corrected chi connectivity index (χ2v) is 4.11. The molecule has 0 heterocycles. The number of rotatable bonds is 7. The Morgan fingerprint density at radius 2 is 1.67 bits per heavy atom. The molecule has 0 unspecified atom stereocenters. The van der Waals surface area contributed by atoms with E-state index in [1.54, 1.807) is 0 Å². The minimum Gasteiger partial charge on any atom is -0.480 e. The molecule has 0 bridgehead atoms. The third kappa shape index (κ3) is 4.97. The van der Waals surface area contributed by atoms with Crippen molar-refractivity contribution in [2.24, 2.45) is 0 Å². The fourth-order valence-electron chi connectivity index (χ4n) is 1.76. The topological polar surface area (TPSA) is 77.8 Å². The summed E-state index contributed by atoms with van der Waals surface area (Å²) in [7, 11) is 0. The molecule has 0 atom stereocenters. The second-order valence-electron chi connectivity index (χ2n) is 4.11. The molecule has 1 rings (SSSR count). The third-order valence-corrected chi connectivity index (χ3v) is 2.52. The quantitative estimate of drug-likeness (QED) is 0.762. The number of benzene rings is 1. The number of aryl methyl sites for hydroxylation is 1. The first kappa shape index (κ1) is 14.2. The number of hydrogen-bond acceptors (Lipinski definition) is 3. The Morgan fingerprint density at radius 1 is 1.11 bits per heavy atom. The predicted molar refractivity (Wildman–Crippen MR) is 66.4 cm³/mol. The molecule has 5 nitrogen and oxygen atoms in total. The summed E-state index contributed by atoms with van der Waals surface area (Å²) in [5.74, 6) is -2.05. The van der Waals surface area contributed by atoms with Crippen LogP contribution in [0.5, 0.6) is 0 Å². The van der Waals surface area contributed by atoms with E-state index in [2.05, 4.69) is 0 Å². The van der Waals surface area contributed by atoms with E-state index in [1.165, 1.54) is 4.90 Å². The molecule has 1 aromatic rings. The molecule has 0 aliphatic rings.